The Labute approximate surface area is 122 Å². The van der Waals surface area contributed by atoms with Crippen molar-refractivity contribution in [2.24, 2.45) is 0 Å². The van der Waals surface area contributed by atoms with Crippen molar-refractivity contribution in [3.63, 3.8) is 0 Å². The summed E-state index contributed by atoms with van der Waals surface area (Å²) in [5.41, 5.74) is 7.57. The van der Waals surface area contributed by atoms with Gasteiger partial charge in [0.25, 0.3) is 0 Å². The molecule has 0 radical (unpaired) electrons. The van der Waals surface area contributed by atoms with Gasteiger partial charge in [0.2, 0.25) is 0 Å². The predicted octanol–water partition coefficient (Wildman–Crippen LogP) is 3.38. The molecular weight excluding hydrogens is 276 g/mol. The SMILES string of the molecule is COc1cc(COc2ccc(N)cc2Cl)ccc1C#N. The summed E-state index contributed by atoms with van der Waals surface area (Å²) in [6.07, 6.45) is 0. The lowest BCUT2D eigenvalue weighted by atomic mass is 10.1. The van der Waals surface area contributed by atoms with Gasteiger partial charge in [0.15, 0.2) is 0 Å². The summed E-state index contributed by atoms with van der Waals surface area (Å²) in [7, 11) is 1.53. The first-order valence-corrected chi connectivity index (χ1v) is 6.26. The molecule has 4 nitrogen and oxygen atoms in total. The lowest BCUT2D eigenvalue weighted by Crippen LogP contribution is -1.98. The fraction of sp³-hybridized carbons (Fsp3) is 0.133. The van der Waals surface area contributed by atoms with Gasteiger partial charge in [0.1, 0.15) is 24.2 Å². The number of hydrogen-bond donors (Lipinski definition) is 1. The number of rotatable bonds is 4. The van der Waals surface area contributed by atoms with Crippen LogP contribution in [0.1, 0.15) is 11.1 Å². The van der Waals surface area contributed by atoms with Crippen LogP contribution in [0.3, 0.4) is 0 Å². The molecule has 0 atom stereocenters. The highest BCUT2D eigenvalue weighted by Gasteiger charge is 2.06. The molecule has 2 aromatic carbocycles. The minimum absolute atomic E-state index is 0.325. The molecule has 0 saturated heterocycles. The third-order valence-electron chi connectivity index (χ3n) is 2.74. The normalized spacial score (nSPS) is 9.85. The van der Waals surface area contributed by atoms with Crippen molar-refractivity contribution in [2.45, 2.75) is 6.61 Å². The highest BCUT2D eigenvalue weighted by molar-refractivity contribution is 6.32. The zero-order valence-corrected chi connectivity index (χ0v) is 11.6. The number of methoxy groups -OCH3 is 1. The number of nitrogens with two attached hydrogens (primary N) is 1. The summed E-state index contributed by atoms with van der Waals surface area (Å²) in [5.74, 6) is 1.08. The van der Waals surface area contributed by atoms with Crippen molar-refractivity contribution in [3.8, 4) is 17.6 Å². The molecule has 0 amide bonds. The van der Waals surface area contributed by atoms with E-state index in [-0.39, 0.29) is 0 Å². The molecule has 0 spiro atoms. The topological polar surface area (TPSA) is 68.3 Å². The molecule has 5 heteroatoms. The van der Waals surface area contributed by atoms with Crippen LogP contribution in [-0.2, 0) is 6.61 Å². The van der Waals surface area contributed by atoms with E-state index in [0.29, 0.717) is 34.4 Å². The van der Waals surface area contributed by atoms with Crippen LogP contribution >= 0.6 is 11.6 Å². The smallest absolute Gasteiger partial charge is 0.138 e. The summed E-state index contributed by atoms with van der Waals surface area (Å²) < 4.78 is 10.8. The van der Waals surface area contributed by atoms with E-state index in [1.54, 1.807) is 30.3 Å². The van der Waals surface area contributed by atoms with Gasteiger partial charge in [0.05, 0.1) is 17.7 Å². The second-order valence-electron chi connectivity index (χ2n) is 4.12. The Hall–Kier alpha value is -2.38. The van der Waals surface area contributed by atoms with Crippen molar-refractivity contribution in [1.29, 1.82) is 5.26 Å². The van der Waals surface area contributed by atoms with E-state index in [9.17, 15) is 0 Å². The minimum atomic E-state index is 0.325. The molecule has 0 aliphatic carbocycles. The number of nitrogen functional groups attached to an aromatic ring is 1. The maximum Gasteiger partial charge on any atom is 0.138 e. The van der Waals surface area contributed by atoms with E-state index >= 15 is 0 Å². The number of nitriles is 1. The molecule has 0 fully saturated rings. The van der Waals surface area contributed by atoms with Gasteiger partial charge in [-0.2, -0.15) is 5.26 Å². The van der Waals surface area contributed by atoms with Crippen LogP contribution in [0.15, 0.2) is 36.4 Å². The Bertz CT molecular complexity index is 665. The molecule has 2 aromatic rings. The van der Waals surface area contributed by atoms with E-state index in [4.69, 9.17) is 32.1 Å². The summed E-state index contributed by atoms with van der Waals surface area (Å²) in [6.45, 7) is 0.325. The number of benzene rings is 2. The highest BCUT2D eigenvalue weighted by atomic mass is 35.5. The molecule has 2 N–H and O–H groups in total. The van der Waals surface area contributed by atoms with E-state index in [0.717, 1.165) is 5.56 Å². The maximum absolute atomic E-state index is 8.92. The second kappa shape index (κ2) is 6.18. The van der Waals surface area contributed by atoms with Crippen LogP contribution in [0.2, 0.25) is 5.02 Å². The first-order chi connectivity index (χ1) is 9.63. The zero-order chi connectivity index (χ0) is 14.5. The lowest BCUT2D eigenvalue weighted by Gasteiger charge is -2.10. The van der Waals surface area contributed by atoms with Crippen molar-refractivity contribution in [3.05, 3.63) is 52.5 Å². The van der Waals surface area contributed by atoms with Crippen molar-refractivity contribution in [1.82, 2.24) is 0 Å². The Balaban J connectivity index is 2.13. The molecule has 0 heterocycles. The molecule has 102 valence electrons. The van der Waals surface area contributed by atoms with Crippen LogP contribution in [-0.4, -0.2) is 7.11 Å². The monoisotopic (exact) mass is 288 g/mol. The van der Waals surface area contributed by atoms with Crippen LogP contribution in [0.4, 0.5) is 5.69 Å². The Morgan fingerprint density at radius 2 is 2.00 bits per heavy atom. The molecule has 20 heavy (non-hydrogen) atoms. The second-order valence-corrected chi connectivity index (χ2v) is 4.53. The Morgan fingerprint density at radius 1 is 1.20 bits per heavy atom. The standard InChI is InChI=1S/C15H13ClN2O2/c1-19-15-6-10(2-3-11(15)8-17)9-20-14-5-4-12(18)7-13(14)16/h2-7H,9,18H2,1H3. The molecule has 0 unspecified atom stereocenters. The Morgan fingerprint density at radius 3 is 2.65 bits per heavy atom. The quantitative estimate of drug-likeness (QED) is 0.876. The van der Waals surface area contributed by atoms with Crippen LogP contribution in [0.25, 0.3) is 0 Å². The number of nitrogens with zero attached hydrogens (tertiary/aromatic N) is 1. The molecular formula is C15H13ClN2O2. The highest BCUT2D eigenvalue weighted by Crippen LogP contribution is 2.27. The van der Waals surface area contributed by atoms with E-state index in [1.807, 2.05) is 6.07 Å². The van der Waals surface area contributed by atoms with Gasteiger partial charge in [-0.25, -0.2) is 0 Å². The number of anilines is 1. The van der Waals surface area contributed by atoms with Gasteiger partial charge in [-0.3, -0.25) is 0 Å². The number of ether oxygens (including phenoxy) is 2. The van der Waals surface area contributed by atoms with Crippen molar-refractivity contribution in [2.75, 3.05) is 12.8 Å². The van der Waals surface area contributed by atoms with E-state index in [1.165, 1.54) is 7.11 Å². The summed E-state index contributed by atoms with van der Waals surface area (Å²) in [6, 6.07) is 12.4. The van der Waals surface area contributed by atoms with Gasteiger partial charge in [0, 0.05) is 5.69 Å². The molecule has 0 saturated carbocycles. The number of hydrogen-bond acceptors (Lipinski definition) is 4. The number of halogens is 1. The average molecular weight is 289 g/mol. The van der Waals surface area contributed by atoms with Crippen LogP contribution in [0.5, 0.6) is 11.5 Å². The van der Waals surface area contributed by atoms with Gasteiger partial charge >= 0.3 is 0 Å². The predicted molar refractivity (Wildman–Crippen MR) is 77.9 cm³/mol. The molecule has 0 aliphatic heterocycles. The largest absolute Gasteiger partial charge is 0.495 e. The van der Waals surface area contributed by atoms with E-state index < -0.39 is 0 Å². The first kappa shape index (κ1) is 14.0. The molecule has 0 aromatic heterocycles. The molecule has 2 rings (SSSR count). The van der Waals surface area contributed by atoms with Gasteiger partial charge in [-0.15, -0.1) is 0 Å². The maximum atomic E-state index is 8.92. The van der Waals surface area contributed by atoms with E-state index in [2.05, 4.69) is 6.07 Å². The fourth-order valence-corrected chi connectivity index (χ4v) is 1.96. The molecule has 0 bridgehead atoms. The van der Waals surface area contributed by atoms with Crippen LogP contribution in [0, 0.1) is 11.3 Å². The van der Waals surface area contributed by atoms with Crippen LogP contribution < -0.4 is 15.2 Å². The summed E-state index contributed by atoms with van der Waals surface area (Å²) >= 11 is 6.03. The Kier molecular flexibility index (Phi) is 4.34. The lowest BCUT2D eigenvalue weighted by molar-refractivity contribution is 0.305. The zero-order valence-electron chi connectivity index (χ0n) is 10.9. The minimum Gasteiger partial charge on any atom is -0.495 e. The fourth-order valence-electron chi connectivity index (χ4n) is 1.71. The first-order valence-electron chi connectivity index (χ1n) is 5.89. The van der Waals surface area contributed by atoms with Gasteiger partial charge in [-0.05, 0) is 35.9 Å². The van der Waals surface area contributed by atoms with Gasteiger partial charge in [-0.1, -0.05) is 17.7 Å². The van der Waals surface area contributed by atoms with Gasteiger partial charge < -0.3 is 15.2 Å². The summed E-state index contributed by atoms with van der Waals surface area (Å²) in [4.78, 5) is 0. The third-order valence-corrected chi connectivity index (χ3v) is 3.03. The van der Waals surface area contributed by atoms with Crippen molar-refractivity contribution < 1.29 is 9.47 Å². The molecule has 0 aliphatic rings. The average Bonchev–Trinajstić information content (AvgIpc) is 2.46. The third kappa shape index (κ3) is 3.14. The van der Waals surface area contributed by atoms with Crippen molar-refractivity contribution >= 4 is 17.3 Å². The summed E-state index contributed by atoms with van der Waals surface area (Å²) in [5, 5.41) is 9.38.